The number of nitrogen functional groups attached to an aromatic ring is 1. The molecule has 0 saturated heterocycles. The van der Waals surface area contributed by atoms with Gasteiger partial charge in [0.05, 0.1) is 11.3 Å². The Kier molecular flexibility index (Phi) is 2.89. The first-order valence-corrected chi connectivity index (χ1v) is 6.58. The molecule has 3 rings (SSSR count). The third-order valence-corrected chi connectivity index (χ3v) is 3.85. The Labute approximate surface area is 118 Å². The lowest BCUT2D eigenvalue weighted by Gasteiger charge is -2.20. The number of aromatic nitrogens is 2. The molecule has 0 atom stereocenters. The zero-order chi connectivity index (χ0) is 14.3. The average Bonchev–Trinajstić information content (AvgIpc) is 2.84. The zero-order valence-electron chi connectivity index (χ0n) is 11.6. The number of benzene rings is 1. The number of rotatable bonds is 2. The molecule has 1 aromatic heterocycles. The minimum absolute atomic E-state index is 0.0476. The van der Waals surface area contributed by atoms with Gasteiger partial charge in [-0.3, -0.25) is 5.41 Å². The summed E-state index contributed by atoms with van der Waals surface area (Å²) in [5.74, 6) is 0.753. The van der Waals surface area contributed by atoms with Crippen LogP contribution in [0.25, 0.3) is 0 Å². The molecule has 1 aliphatic rings. The van der Waals surface area contributed by atoms with Crippen LogP contribution in [0.1, 0.15) is 27.9 Å². The van der Waals surface area contributed by atoms with Crippen LogP contribution in [0.15, 0.2) is 24.3 Å². The molecule has 3 N–H and O–H groups in total. The number of hydrogen-bond donors (Lipinski definition) is 2. The summed E-state index contributed by atoms with van der Waals surface area (Å²) in [6.45, 7) is 5.39. The van der Waals surface area contributed by atoms with Crippen LogP contribution >= 0.6 is 0 Å². The Morgan fingerprint density at radius 2 is 1.75 bits per heavy atom. The first kappa shape index (κ1) is 12.6. The lowest BCUT2D eigenvalue weighted by molar-refractivity contribution is 0.817. The molecule has 0 aliphatic carbocycles. The number of nitrogens with zero attached hydrogens (tertiary/aromatic N) is 3. The van der Waals surface area contributed by atoms with E-state index in [0.717, 1.165) is 24.3 Å². The SMILES string of the molecule is Cc1nnc(N2Cc3ccccc3C2)c(C(=N)N)c1C. The van der Waals surface area contributed by atoms with Crippen LogP contribution in [0.3, 0.4) is 0 Å². The summed E-state index contributed by atoms with van der Waals surface area (Å²) in [7, 11) is 0. The highest BCUT2D eigenvalue weighted by Crippen LogP contribution is 2.30. The van der Waals surface area contributed by atoms with Crippen LogP contribution in [0.2, 0.25) is 0 Å². The molecule has 0 bridgehead atoms. The minimum atomic E-state index is 0.0476. The van der Waals surface area contributed by atoms with Gasteiger partial charge in [0.1, 0.15) is 5.84 Å². The van der Waals surface area contributed by atoms with Crippen LogP contribution in [0, 0.1) is 19.3 Å². The molecule has 20 heavy (non-hydrogen) atoms. The number of fused-ring (bicyclic) bond motifs is 1. The first-order valence-electron chi connectivity index (χ1n) is 6.58. The van der Waals surface area contributed by atoms with Gasteiger partial charge in [-0.05, 0) is 30.5 Å². The van der Waals surface area contributed by atoms with Crippen LogP contribution in [0.4, 0.5) is 5.82 Å². The number of amidine groups is 1. The van der Waals surface area contributed by atoms with E-state index in [0.29, 0.717) is 11.4 Å². The van der Waals surface area contributed by atoms with Crippen molar-refractivity contribution in [3.05, 3.63) is 52.2 Å². The summed E-state index contributed by atoms with van der Waals surface area (Å²) in [5, 5.41) is 16.3. The van der Waals surface area contributed by atoms with E-state index < -0.39 is 0 Å². The minimum Gasteiger partial charge on any atom is -0.384 e. The van der Waals surface area contributed by atoms with Crippen molar-refractivity contribution in [2.45, 2.75) is 26.9 Å². The van der Waals surface area contributed by atoms with Crippen molar-refractivity contribution in [3.63, 3.8) is 0 Å². The zero-order valence-corrected chi connectivity index (χ0v) is 11.6. The van der Waals surface area contributed by atoms with Crippen molar-refractivity contribution in [3.8, 4) is 0 Å². The predicted octanol–water partition coefficient (Wildman–Crippen LogP) is 1.90. The molecule has 2 aromatic rings. The van der Waals surface area contributed by atoms with E-state index in [9.17, 15) is 0 Å². The van der Waals surface area contributed by atoms with Crippen LogP contribution in [-0.4, -0.2) is 16.0 Å². The topological polar surface area (TPSA) is 78.9 Å². The quantitative estimate of drug-likeness (QED) is 0.643. The number of anilines is 1. The van der Waals surface area contributed by atoms with Gasteiger partial charge in [-0.1, -0.05) is 24.3 Å². The number of nitrogens with two attached hydrogens (primary N) is 1. The molecular formula is C15H17N5. The number of aryl methyl sites for hydroxylation is 1. The molecule has 0 unspecified atom stereocenters. The fraction of sp³-hybridized carbons (Fsp3) is 0.267. The molecule has 102 valence electrons. The van der Waals surface area contributed by atoms with Crippen molar-refractivity contribution < 1.29 is 0 Å². The summed E-state index contributed by atoms with van der Waals surface area (Å²) >= 11 is 0. The van der Waals surface area contributed by atoms with Crippen molar-refractivity contribution in [2.75, 3.05) is 4.90 Å². The van der Waals surface area contributed by atoms with Gasteiger partial charge in [0.15, 0.2) is 5.82 Å². The smallest absolute Gasteiger partial charge is 0.163 e. The van der Waals surface area contributed by atoms with E-state index in [2.05, 4.69) is 27.2 Å². The Bertz CT molecular complexity index is 668. The highest BCUT2D eigenvalue weighted by Gasteiger charge is 2.24. The summed E-state index contributed by atoms with van der Waals surface area (Å²) in [6.07, 6.45) is 0. The first-order chi connectivity index (χ1) is 9.58. The standard InChI is InChI=1S/C15H17N5/c1-9-10(2)18-19-15(13(9)14(16)17)20-7-11-5-3-4-6-12(11)8-20/h3-6H,7-8H2,1-2H3,(H3,16,17). The number of hydrogen-bond acceptors (Lipinski definition) is 4. The Morgan fingerprint density at radius 1 is 1.15 bits per heavy atom. The summed E-state index contributed by atoms with van der Waals surface area (Å²) in [4.78, 5) is 2.13. The molecule has 2 heterocycles. The van der Waals surface area contributed by atoms with E-state index in [-0.39, 0.29) is 5.84 Å². The second-order valence-corrected chi connectivity index (χ2v) is 5.15. The van der Waals surface area contributed by atoms with E-state index in [1.807, 2.05) is 26.0 Å². The third-order valence-electron chi connectivity index (χ3n) is 3.85. The highest BCUT2D eigenvalue weighted by atomic mass is 15.3. The van der Waals surface area contributed by atoms with Gasteiger partial charge in [0.25, 0.3) is 0 Å². The van der Waals surface area contributed by atoms with Gasteiger partial charge >= 0.3 is 0 Å². The van der Waals surface area contributed by atoms with Crippen LogP contribution < -0.4 is 10.6 Å². The van der Waals surface area contributed by atoms with Gasteiger partial charge in [-0.25, -0.2) is 0 Å². The summed E-state index contributed by atoms with van der Waals surface area (Å²) < 4.78 is 0. The molecule has 5 heteroatoms. The Hall–Kier alpha value is -2.43. The summed E-state index contributed by atoms with van der Waals surface area (Å²) in [5.41, 5.74) is 10.8. The molecule has 0 saturated carbocycles. The van der Waals surface area contributed by atoms with Gasteiger partial charge in [-0.2, -0.15) is 5.10 Å². The Balaban J connectivity index is 2.05. The highest BCUT2D eigenvalue weighted by molar-refractivity contribution is 6.01. The third kappa shape index (κ3) is 1.91. The largest absolute Gasteiger partial charge is 0.384 e. The molecule has 5 nitrogen and oxygen atoms in total. The predicted molar refractivity (Wildman–Crippen MR) is 78.9 cm³/mol. The lowest BCUT2D eigenvalue weighted by atomic mass is 10.1. The molecule has 0 fully saturated rings. The van der Waals surface area contributed by atoms with Crippen molar-refractivity contribution in [2.24, 2.45) is 5.73 Å². The van der Waals surface area contributed by atoms with Crippen molar-refractivity contribution in [1.29, 1.82) is 5.41 Å². The van der Waals surface area contributed by atoms with Crippen molar-refractivity contribution in [1.82, 2.24) is 10.2 Å². The van der Waals surface area contributed by atoms with Gasteiger partial charge in [0, 0.05) is 13.1 Å². The molecule has 0 amide bonds. The van der Waals surface area contributed by atoms with E-state index in [1.54, 1.807) is 0 Å². The van der Waals surface area contributed by atoms with Gasteiger partial charge < -0.3 is 10.6 Å². The fourth-order valence-electron chi connectivity index (χ4n) is 2.62. The average molecular weight is 267 g/mol. The van der Waals surface area contributed by atoms with Gasteiger partial charge in [0.2, 0.25) is 0 Å². The van der Waals surface area contributed by atoms with Gasteiger partial charge in [-0.15, -0.1) is 5.10 Å². The van der Waals surface area contributed by atoms with Crippen LogP contribution in [0.5, 0.6) is 0 Å². The van der Waals surface area contributed by atoms with E-state index in [1.165, 1.54) is 11.1 Å². The van der Waals surface area contributed by atoms with Crippen LogP contribution in [-0.2, 0) is 13.1 Å². The maximum atomic E-state index is 7.82. The summed E-state index contributed by atoms with van der Waals surface area (Å²) in [6, 6.07) is 8.33. The molecular weight excluding hydrogens is 250 g/mol. The Morgan fingerprint density at radius 3 is 2.30 bits per heavy atom. The molecule has 0 spiro atoms. The molecule has 1 aromatic carbocycles. The number of nitrogens with one attached hydrogen (secondary N) is 1. The molecule has 1 aliphatic heterocycles. The van der Waals surface area contributed by atoms with E-state index >= 15 is 0 Å². The second-order valence-electron chi connectivity index (χ2n) is 5.15. The normalized spacial score (nSPS) is 13.4. The lowest BCUT2D eigenvalue weighted by Crippen LogP contribution is -2.24. The van der Waals surface area contributed by atoms with E-state index in [4.69, 9.17) is 11.1 Å². The monoisotopic (exact) mass is 267 g/mol. The molecule has 0 radical (unpaired) electrons. The maximum absolute atomic E-state index is 7.82. The van der Waals surface area contributed by atoms with Crippen molar-refractivity contribution >= 4 is 11.7 Å². The fourth-order valence-corrected chi connectivity index (χ4v) is 2.62. The second kappa shape index (κ2) is 4.59. The maximum Gasteiger partial charge on any atom is 0.163 e.